The van der Waals surface area contributed by atoms with Crippen molar-refractivity contribution in [2.45, 2.75) is 32.2 Å². The van der Waals surface area contributed by atoms with E-state index in [0.29, 0.717) is 13.1 Å². The first-order valence-corrected chi connectivity index (χ1v) is 6.74. The lowest BCUT2D eigenvalue weighted by Gasteiger charge is -2.27. The Labute approximate surface area is 111 Å². The lowest BCUT2D eigenvalue weighted by atomic mass is 10.1. The van der Waals surface area contributed by atoms with E-state index in [1.807, 2.05) is 0 Å². The standard InChI is InChI=1S/C14H19F3N2/c1-2-4-11-9-19(6-3-5-18-11)14-12(16)7-10(15)8-13(14)17/h7-8,11,18H,2-6,9H2,1H3. The first-order chi connectivity index (χ1) is 9.11. The highest BCUT2D eigenvalue weighted by Gasteiger charge is 2.23. The van der Waals surface area contributed by atoms with Gasteiger partial charge in [0.05, 0.1) is 0 Å². The first kappa shape index (κ1) is 14.2. The van der Waals surface area contributed by atoms with Crippen LogP contribution in [0.1, 0.15) is 26.2 Å². The molecule has 1 saturated heterocycles. The minimum atomic E-state index is -0.878. The van der Waals surface area contributed by atoms with Crippen molar-refractivity contribution in [2.75, 3.05) is 24.5 Å². The van der Waals surface area contributed by atoms with Crippen LogP contribution in [0.25, 0.3) is 0 Å². The number of hydrogen-bond acceptors (Lipinski definition) is 2. The fourth-order valence-corrected chi connectivity index (χ4v) is 2.58. The minimum absolute atomic E-state index is 0.105. The van der Waals surface area contributed by atoms with E-state index in [1.165, 1.54) is 0 Å². The molecule has 19 heavy (non-hydrogen) atoms. The molecule has 1 atom stereocenters. The SMILES string of the molecule is CCCC1CN(c2c(F)cc(F)cc2F)CCCN1. The second kappa shape index (κ2) is 6.28. The van der Waals surface area contributed by atoms with Gasteiger partial charge in [0.2, 0.25) is 0 Å². The molecule has 0 saturated carbocycles. The van der Waals surface area contributed by atoms with Crippen molar-refractivity contribution in [1.29, 1.82) is 0 Å². The maximum atomic E-state index is 13.8. The molecule has 0 radical (unpaired) electrons. The summed E-state index contributed by atoms with van der Waals surface area (Å²) < 4.78 is 40.5. The third-order valence-electron chi connectivity index (χ3n) is 3.41. The smallest absolute Gasteiger partial charge is 0.152 e. The van der Waals surface area contributed by atoms with E-state index in [4.69, 9.17) is 0 Å². The number of halogens is 3. The van der Waals surface area contributed by atoms with Crippen LogP contribution in [0.15, 0.2) is 12.1 Å². The number of hydrogen-bond donors (Lipinski definition) is 1. The van der Waals surface area contributed by atoms with Gasteiger partial charge in [-0.15, -0.1) is 0 Å². The molecule has 0 amide bonds. The van der Waals surface area contributed by atoms with Gasteiger partial charge < -0.3 is 10.2 Å². The van der Waals surface area contributed by atoms with E-state index in [-0.39, 0.29) is 11.7 Å². The number of nitrogens with zero attached hydrogens (tertiary/aromatic N) is 1. The van der Waals surface area contributed by atoms with Crippen molar-refractivity contribution < 1.29 is 13.2 Å². The van der Waals surface area contributed by atoms with E-state index >= 15 is 0 Å². The molecule has 1 fully saturated rings. The van der Waals surface area contributed by atoms with Crippen molar-refractivity contribution in [1.82, 2.24) is 5.32 Å². The maximum Gasteiger partial charge on any atom is 0.152 e. The predicted octanol–water partition coefficient (Wildman–Crippen LogP) is 3.07. The molecule has 1 unspecified atom stereocenters. The van der Waals surface area contributed by atoms with E-state index in [2.05, 4.69) is 12.2 Å². The van der Waals surface area contributed by atoms with Crippen molar-refractivity contribution in [3.63, 3.8) is 0 Å². The zero-order valence-corrected chi connectivity index (χ0v) is 11.1. The number of anilines is 1. The molecule has 0 aliphatic carbocycles. The van der Waals surface area contributed by atoms with Crippen LogP contribution in [0.5, 0.6) is 0 Å². The Kier molecular flexibility index (Phi) is 4.69. The molecule has 1 N–H and O–H groups in total. The van der Waals surface area contributed by atoms with Crippen LogP contribution >= 0.6 is 0 Å². The molecule has 1 aliphatic heterocycles. The minimum Gasteiger partial charge on any atom is -0.365 e. The Bertz CT molecular complexity index is 414. The van der Waals surface area contributed by atoms with Gasteiger partial charge in [0.15, 0.2) is 11.6 Å². The molecular formula is C14H19F3N2. The topological polar surface area (TPSA) is 15.3 Å². The molecule has 1 aromatic rings. The summed E-state index contributed by atoms with van der Waals surface area (Å²) in [6.07, 6.45) is 2.79. The highest BCUT2D eigenvalue weighted by molar-refractivity contribution is 5.49. The summed E-state index contributed by atoms with van der Waals surface area (Å²) in [5, 5.41) is 3.37. The zero-order valence-electron chi connectivity index (χ0n) is 11.1. The normalized spacial score (nSPS) is 20.4. The van der Waals surface area contributed by atoms with Gasteiger partial charge in [0.1, 0.15) is 11.5 Å². The monoisotopic (exact) mass is 272 g/mol. The van der Waals surface area contributed by atoms with Crippen LogP contribution in [-0.2, 0) is 0 Å². The molecule has 106 valence electrons. The van der Waals surface area contributed by atoms with Crippen LogP contribution in [0.4, 0.5) is 18.9 Å². The van der Waals surface area contributed by atoms with Crippen LogP contribution < -0.4 is 10.2 Å². The molecule has 0 spiro atoms. The Balaban J connectivity index is 2.24. The summed E-state index contributed by atoms with van der Waals surface area (Å²) >= 11 is 0. The van der Waals surface area contributed by atoms with Crippen LogP contribution in [-0.4, -0.2) is 25.7 Å². The molecule has 1 aromatic carbocycles. The average Bonchev–Trinajstić information content (AvgIpc) is 2.54. The van der Waals surface area contributed by atoms with Gasteiger partial charge in [0, 0.05) is 31.3 Å². The summed E-state index contributed by atoms with van der Waals surface area (Å²) in [5.41, 5.74) is -0.105. The fraction of sp³-hybridized carbons (Fsp3) is 0.571. The molecule has 1 aliphatic rings. The Morgan fingerprint density at radius 3 is 2.58 bits per heavy atom. The van der Waals surface area contributed by atoms with Crippen molar-refractivity contribution in [3.8, 4) is 0 Å². The Hall–Kier alpha value is -1.23. The van der Waals surface area contributed by atoms with Gasteiger partial charge in [-0.1, -0.05) is 13.3 Å². The van der Waals surface area contributed by atoms with E-state index in [9.17, 15) is 13.2 Å². The average molecular weight is 272 g/mol. The van der Waals surface area contributed by atoms with Gasteiger partial charge in [0.25, 0.3) is 0 Å². The second-order valence-electron chi connectivity index (χ2n) is 4.96. The summed E-state index contributed by atoms with van der Waals surface area (Å²) in [7, 11) is 0. The molecule has 2 rings (SSSR count). The predicted molar refractivity (Wildman–Crippen MR) is 69.8 cm³/mol. The fourth-order valence-electron chi connectivity index (χ4n) is 2.58. The summed E-state index contributed by atoms with van der Waals surface area (Å²) in [6.45, 7) is 4.04. The summed E-state index contributed by atoms with van der Waals surface area (Å²) in [5.74, 6) is -2.53. The molecule has 5 heteroatoms. The summed E-state index contributed by atoms with van der Waals surface area (Å²) in [4.78, 5) is 1.68. The van der Waals surface area contributed by atoms with Gasteiger partial charge in [-0.05, 0) is 19.4 Å². The zero-order chi connectivity index (χ0) is 13.8. The maximum absolute atomic E-state index is 13.8. The van der Waals surface area contributed by atoms with Gasteiger partial charge in [-0.2, -0.15) is 0 Å². The van der Waals surface area contributed by atoms with E-state index < -0.39 is 17.5 Å². The van der Waals surface area contributed by atoms with E-state index in [1.54, 1.807) is 4.90 Å². The molecule has 2 nitrogen and oxygen atoms in total. The van der Waals surface area contributed by atoms with Gasteiger partial charge in [-0.25, -0.2) is 13.2 Å². The highest BCUT2D eigenvalue weighted by atomic mass is 19.1. The first-order valence-electron chi connectivity index (χ1n) is 6.74. The quantitative estimate of drug-likeness (QED) is 0.909. The van der Waals surface area contributed by atoms with Crippen LogP contribution in [0.2, 0.25) is 0 Å². The molecular weight excluding hydrogens is 253 g/mol. The van der Waals surface area contributed by atoms with Gasteiger partial charge in [-0.3, -0.25) is 0 Å². The second-order valence-corrected chi connectivity index (χ2v) is 4.96. The van der Waals surface area contributed by atoms with E-state index in [0.717, 1.165) is 37.9 Å². The lowest BCUT2D eigenvalue weighted by molar-refractivity contribution is 0.494. The third kappa shape index (κ3) is 3.41. The molecule has 0 bridgehead atoms. The van der Waals surface area contributed by atoms with Crippen LogP contribution in [0.3, 0.4) is 0 Å². The largest absolute Gasteiger partial charge is 0.365 e. The number of rotatable bonds is 3. The number of nitrogens with one attached hydrogen (secondary N) is 1. The van der Waals surface area contributed by atoms with Crippen molar-refractivity contribution in [3.05, 3.63) is 29.6 Å². The number of benzene rings is 1. The Morgan fingerprint density at radius 1 is 1.26 bits per heavy atom. The van der Waals surface area contributed by atoms with Crippen molar-refractivity contribution >= 4 is 5.69 Å². The van der Waals surface area contributed by atoms with Crippen molar-refractivity contribution in [2.24, 2.45) is 0 Å². The van der Waals surface area contributed by atoms with Crippen LogP contribution in [0, 0.1) is 17.5 Å². The third-order valence-corrected chi connectivity index (χ3v) is 3.41. The molecule has 1 heterocycles. The highest BCUT2D eigenvalue weighted by Crippen LogP contribution is 2.26. The Morgan fingerprint density at radius 2 is 1.95 bits per heavy atom. The lowest BCUT2D eigenvalue weighted by Crippen LogP contribution is -2.38. The van der Waals surface area contributed by atoms with Gasteiger partial charge >= 0.3 is 0 Å². The summed E-state index contributed by atoms with van der Waals surface area (Å²) in [6, 6.07) is 1.70. The molecule has 0 aromatic heterocycles.